The van der Waals surface area contributed by atoms with E-state index in [1.54, 1.807) is 45.2 Å². The fourth-order valence-corrected chi connectivity index (χ4v) is 3.89. The normalized spacial score (nSPS) is 10.9. The second kappa shape index (κ2) is 7.64. The van der Waals surface area contributed by atoms with Crippen LogP contribution in [0.25, 0.3) is 22.0 Å². The van der Waals surface area contributed by atoms with Crippen LogP contribution in [0.5, 0.6) is 11.5 Å². The Morgan fingerprint density at radius 2 is 2.00 bits per heavy atom. The molecule has 0 radical (unpaired) electrons. The van der Waals surface area contributed by atoms with E-state index in [9.17, 15) is 14.3 Å². The van der Waals surface area contributed by atoms with Gasteiger partial charge in [-0.2, -0.15) is 0 Å². The Hall–Kier alpha value is -3.66. The fourth-order valence-electron chi connectivity index (χ4n) is 2.99. The molecule has 1 N–H and O–H groups in total. The third kappa shape index (κ3) is 3.77. The largest absolute Gasteiger partial charge is 0.477 e. The maximum Gasteiger partial charge on any atom is 0.347 e. The Morgan fingerprint density at radius 1 is 1.20 bits per heavy atom. The number of nitrogens with zero attached hydrogens (tertiary/aromatic N) is 5. The summed E-state index contributed by atoms with van der Waals surface area (Å²) >= 11 is 1.09. The molecule has 0 aliphatic heterocycles. The molecule has 30 heavy (non-hydrogen) atoms. The van der Waals surface area contributed by atoms with Crippen LogP contribution in [0.4, 0.5) is 4.39 Å². The van der Waals surface area contributed by atoms with Gasteiger partial charge in [-0.25, -0.2) is 18.9 Å². The number of halogens is 1. The van der Waals surface area contributed by atoms with Gasteiger partial charge in [0.1, 0.15) is 27.2 Å². The number of thiazole rings is 1. The number of hydrogen-bond donors (Lipinski definition) is 1. The van der Waals surface area contributed by atoms with E-state index in [0.29, 0.717) is 39.2 Å². The van der Waals surface area contributed by atoms with Crippen LogP contribution in [0.3, 0.4) is 0 Å². The quantitative estimate of drug-likeness (QED) is 0.510. The molecule has 8 nitrogen and oxygen atoms in total. The summed E-state index contributed by atoms with van der Waals surface area (Å²) in [7, 11) is 1.69. The minimum atomic E-state index is -1.02. The van der Waals surface area contributed by atoms with Gasteiger partial charge in [-0.15, -0.1) is 16.4 Å². The van der Waals surface area contributed by atoms with E-state index in [1.807, 2.05) is 0 Å². The van der Waals surface area contributed by atoms with Crippen LogP contribution < -0.4 is 4.74 Å². The molecule has 0 aliphatic carbocycles. The first kappa shape index (κ1) is 19.6. The van der Waals surface area contributed by atoms with Crippen LogP contribution in [0.15, 0.2) is 36.4 Å². The van der Waals surface area contributed by atoms with Crippen molar-refractivity contribution in [3.05, 3.63) is 58.3 Å². The van der Waals surface area contributed by atoms with Crippen molar-refractivity contribution in [2.45, 2.75) is 13.8 Å². The molecule has 2 aromatic heterocycles. The number of carbonyl (C=O) groups is 1. The molecular formula is C20H16FN5O3S. The lowest BCUT2D eigenvalue weighted by Crippen LogP contribution is -1.98. The highest BCUT2D eigenvalue weighted by atomic mass is 32.1. The maximum atomic E-state index is 13.8. The first-order valence-corrected chi connectivity index (χ1v) is 9.66. The maximum absolute atomic E-state index is 13.8. The summed E-state index contributed by atoms with van der Waals surface area (Å²) in [6, 6.07) is 9.67. The summed E-state index contributed by atoms with van der Waals surface area (Å²) in [6.45, 7) is 3.43. The van der Waals surface area contributed by atoms with E-state index in [0.717, 1.165) is 16.9 Å². The number of tetrazole rings is 1. The minimum absolute atomic E-state index is 0.183. The van der Waals surface area contributed by atoms with Gasteiger partial charge in [0.05, 0.1) is 11.3 Å². The second-order valence-corrected chi connectivity index (χ2v) is 7.64. The number of carboxylic acids is 1. The Bertz CT molecular complexity index is 1250. The van der Waals surface area contributed by atoms with Crippen molar-refractivity contribution in [3.8, 4) is 33.5 Å². The van der Waals surface area contributed by atoms with Gasteiger partial charge in [0.15, 0.2) is 5.82 Å². The predicted molar refractivity (Wildman–Crippen MR) is 108 cm³/mol. The Labute approximate surface area is 174 Å². The standard InChI is InChI=1S/C20H16FN5O3S/c1-10-6-13(21)9-14(7-10)29-16-5-4-12(8-15(16)18-23-24-25-26(18)3)19-22-11(2)17(30-19)20(27)28/h4-9H,1-3H3,(H,27,28). The molecule has 0 fully saturated rings. The summed E-state index contributed by atoms with van der Waals surface area (Å²) in [6.07, 6.45) is 0. The van der Waals surface area contributed by atoms with E-state index < -0.39 is 11.8 Å². The second-order valence-electron chi connectivity index (χ2n) is 6.64. The molecule has 0 unspecified atom stereocenters. The molecule has 0 saturated heterocycles. The number of rotatable bonds is 5. The number of hydrogen-bond acceptors (Lipinski definition) is 7. The highest BCUT2D eigenvalue weighted by Gasteiger charge is 2.19. The van der Waals surface area contributed by atoms with Crippen molar-refractivity contribution in [3.63, 3.8) is 0 Å². The lowest BCUT2D eigenvalue weighted by Gasteiger charge is -2.12. The van der Waals surface area contributed by atoms with E-state index >= 15 is 0 Å². The molecule has 152 valence electrons. The number of aromatic carboxylic acids is 1. The van der Waals surface area contributed by atoms with Crippen LogP contribution in [0.2, 0.25) is 0 Å². The monoisotopic (exact) mass is 425 g/mol. The van der Waals surface area contributed by atoms with Gasteiger partial charge in [-0.1, -0.05) is 0 Å². The lowest BCUT2D eigenvalue weighted by molar-refractivity contribution is 0.0701. The van der Waals surface area contributed by atoms with Gasteiger partial charge >= 0.3 is 5.97 Å². The fraction of sp³-hybridized carbons (Fsp3) is 0.150. The summed E-state index contributed by atoms with van der Waals surface area (Å²) < 4.78 is 21.2. The van der Waals surface area contributed by atoms with Crippen molar-refractivity contribution >= 4 is 17.3 Å². The molecule has 2 aromatic carbocycles. The zero-order valence-corrected chi connectivity index (χ0v) is 17.1. The van der Waals surface area contributed by atoms with Crippen molar-refractivity contribution in [2.24, 2.45) is 7.05 Å². The van der Waals surface area contributed by atoms with Crippen molar-refractivity contribution in [2.75, 3.05) is 0 Å². The minimum Gasteiger partial charge on any atom is -0.477 e. The summed E-state index contributed by atoms with van der Waals surface area (Å²) in [5.41, 5.74) is 2.42. The van der Waals surface area contributed by atoms with Crippen LogP contribution >= 0.6 is 11.3 Å². The molecule has 0 aliphatic rings. The topological polar surface area (TPSA) is 103 Å². The third-order valence-corrected chi connectivity index (χ3v) is 5.52. The summed E-state index contributed by atoms with van der Waals surface area (Å²) in [4.78, 5) is 15.9. The molecule has 2 heterocycles. The molecule has 4 rings (SSSR count). The van der Waals surface area contributed by atoms with Crippen LogP contribution in [0, 0.1) is 19.7 Å². The highest BCUT2D eigenvalue weighted by molar-refractivity contribution is 7.17. The van der Waals surface area contributed by atoms with Crippen molar-refractivity contribution in [1.82, 2.24) is 25.2 Å². The van der Waals surface area contributed by atoms with Gasteiger partial charge in [0, 0.05) is 18.7 Å². The van der Waals surface area contributed by atoms with E-state index in [4.69, 9.17) is 4.74 Å². The zero-order chi connectivity index (χ0) is 21.4. The van der Waals surface area contributed by atoms with Crippen molar-refractivity contribution < 1.29 is 19.0 Å². The predicted octanol–water partition coefficient (Wildman–Crippen LogP) is 4.25. The first-order chi connectivity index (χ1) is 14.3. The van der Waals surface area contributed by atoms with Gasteiger partial charge in [0.25, 0.3) is 0 Å². The zero-order valence-electron chi connectivity index (χ0n) is 16.3. The van der Waals surface area contributed by atoms with Gasteiger partial charge in [-0.3, -0.25) is 0 Å². The van der Waals surface area contributed by atoms with Crippen LogP contribution in [0.1, 0.15) is 20.9 Å². The number of ether oxygens (including phenoxy) is 1. The Balaban J connectivity index is 1.82. The van der Waals surface area contributed by atoms with Crippen LogP contribution in [-0.4, -0.2) is 36.3 Å². The molecule has 0 bridgehead atoms. The molecular weight excluding hydrogens is 409 g/mol. The van der Waals surface area contributed by atoms with Gasteiger partial charge in [-0.05, 0) is 60.2 Å². The number of carboxylic acid groups (broad SMARTS) is 1. The highest BCUT2D eigenvalue weighted by Crippen LogP contribution is 2.37. The van der Waals surface area contributed by atoms with E-state index in [2.05, 4.69) is 20.5 Å². The lowest BCUT2D eigenvalue weighted by atomic mass is 10.1. The number of aryl methyl sites for hydroxylation is 3. The first-order valence-electron chi connectivity index (χ1n) is 8.84. The number of benzene rings is 2. The number of aromatic nitrogens is 5. The smallest absolute Gasteiger partial charge is 0.347 e. The average Bonchev–Trinajstić information content (AvgIpc) is 3.27. The molecule has 0 saturated carbocycles. The molecule has 0 spiro atoms. The summed E-state index contributed by atoms with van der Waals surface area (Å²) in [5.74, 6) is -0.215. The van der Waals surface area contributed by atoms with Crippen molar-refractivity contribution in [1.29, 1.82) is 0 Å². The molecule has 0 atom stereocenters. The Kier molecular flexibility index (Phi) is 5.00. The van der Waals surface area contributed by atoms with E-state index in [1.165, 1.54) is 16.8 Å². The van der Waals surface area contributed by atoms with Crippen LogP contribution in [-0.2, 0) is 7.05 Å². The van der Waals surface area contributed by atoms with Gasteiger partial charge in [0.2, 0.25) is 0 Å². The average molecular weight is 425 g/mol. The molecule has 0 amide bonds. The Morgan fingerprint density at radius 3 is 2.63 bits per heavy atom. The van der Waals surface area contributed by atoms with Gasteiger partial charge < -0.3 is 9.84 Å². The van der Waals surface area contributed by atoms with E-state index in [-0.39, 0.29) is 4.88 Å². The SMILES string of the molecule is Cc1cc(F)cc(Oc2ccc(-c3nc(C)c(C(=O)O)s3)cc2-c2nnnn2C)c1. The summed E-state index contributed by atoms with van der Waals surface area (Å²) in [5, 5.41) is 21.4. The third-order valence-electron chi connectivity index (χ3n) is 4.32. The molecule has 10 heteroatoms. The molecule has 4 aromatic rings.